The fraction of sp³-hybridized carbons (Fsp3) is 0.467. The van der Waals surface area contributed by atoms with E-state index in [0.717, 1.165) is 6.42 Å². The summed E-state index contributed by atoms with van der Waals surface area (Å²) in [6, 6.07) is 8.50. The number of nitrogens with zero attached hydrogens (tertiary/aromatic N) is 3. The number of fused-ring (bicyclic) bond motifs is 4. The molecule has 0 radical (unpaired) electrons. The van der Waals surface area contributed by atoms with Gasteiger partial charge >= 0.3 is 0 Å². The maximum atomic E-state index is 2.35. The van der Waals surface area contributed by atoms with E-state index in [-0.39, 0.29) is 0 Å². The van der Waals surface area contributed by atoms with Crippen molar-refractivity contribution in [3.05, 3.63) is 30.3 Å². The number of allylic oxidation sites excluding steroid dienone is 2. The predicted octanol–water partition coefficient (Wildman–Crippen LogP) is 4.12. The van der Waals surface area contributed by atoms with Gasteiger partial charge < -0.3 is 0 Å². The molecule has 3 rings (SSSR count). The summed E-state index contributed by atoms with van der Waals surface area (Å²) in [6.45, 7) is 9.09. The van der Waals surface area contributed by atoms with Crippen molar-refractivity contribution in [2.24, 2.45) is 5.41 Å². The zero-order valence-corrected chi connectivity index (χ0v) is 11.6. The van der Waals surface area contributed by atoms with E-state index >= 15 is 0 Å². The quantitative estimate of drug-likeness (QED) is 0.654. The molecular formula is C15H21N3. The highest BCUT2D eigenvalue weighted by atomic mass is 15.9. The summed E-state index contributed by atoms with van der Waals surface area (Å²) in [5.41, 5.74) is 4.32. The lowest BCUT2D eigenvalue weighted by Gasteiger charge is -2.20. The molecule has 0 N–H and O–H groups in total. The standard InChI is InChI=1S/C15H21N3/c1-5-15(3,4)11-10-12(2)16-17-13-8-6-7-9-14(13)18(16)17/h6-10H,5,11H2,1-4H3/b12-10+. The van der Waals surface area contributed by atoms with E-state index in [1.807, 2.05) is 0 Å². The Hall–Kier alpha value is -1.64. The molecule has 0 amide bonds. The van der Waals surface area contributed by atoms with Crippen LogP contribution >= 0.6 is 0 Å². The van der Waals surface area contributed by atoms with Gasteiger partial charge in [0.2, 0.25) is 0 Å². The third kappa shape index (κ3) is 1.57. The molecule has 96 valence electrons. The van der Waals surface area contributed by atoms with Crippen LogP contribution in [0.2, 0.25) is 0 Å². The Balaban J connectivity index is 1.87. The molecule has 0 aliphatic rings. The van der Waals surface area contributed by atoms with Crippen LogP contribution < -0.4 is 0 Å². The highest BCUT2D eigenvalue weighted by Gasteiger charge is 2.23. The number of hydrogen-bond acceptors (Lipinski definition) is 0. The number of aromatic nitrogens is 3. The molecule has 0 atom stereocenters. The van der Waals surface area contributed by atoms with Gasteiger partial charge in [0.15, 0.2) is 0 Å². The second-order valence-corrected chi connectivity index (χ2v) is 5.92. The Bertz CT molecular complexity index is 648. The van der Waals surface area contributed by atoms with Gasteiger partial charge in [0.25, 0.3) is 0 Å². The van der Waals surface area contributed by atoms with E-state index in [9.17, 15) is 0 Å². The lowest BCUT2D eigenvalue weighted by atomic mass is 9.86. The van der Waals surface area contributed by atoms with Crippen LogP contribution in [0.1, 0.15) is 40.5 Å². The number of rotatable bonds is 4. The fourth-order valence-electron chi connectivity index (χ4n) is 2.24. The van der Waals surface area contributed by atoms with E-state index in [2.05, 4.69) is 72.1 Å². The molecule has 0 spiro atoms. The second-order valence-electron chi connectivity index (χ2n) is 5.92. The minimum absolute atomic E-state index is 0.397. The molecule has 3 aromatic rings. The molecule has 3 nitrogen and oxygen atoms in total. The molecule has 0 fully saturated rings. The number of para-hydroxylation sites is 2. The Morgan fingerprint density at radius 1 is 1.17 bits per heavy atom. The molecule has 0 bridgehead atoms. The molecular weight excluding hydrogens is 222 g/mol. The molecule has 0 unspecified atom stereocenters. The molecule has 0 saturated carbocycles. The first kappa shape index (κ1) is 11.5. The largest absolute Gasteiger partial charge is 0.155 e. The summed E-state index contributed by atoms with van der Waals surface area (Å²) in [5, 5.41) is 0. The van der Waals surface area contributed by atoms with E-state index < -0.39 is 0 Å². The predicted molar refractivity (Wildman–Crippen MR) is 76.2 cm³/mol. The number of benzene rings is 1. The van der Waals surface area contributed by atoms with Crippen molar-refractivity contribution in [2.45, 2.75) is 40.5 Å². The SMILES string of the molecule is CCC(C)(C)C/C=C(\C)n1n2c3ccccc3n12. The van der Waals surface area contributed by atoms with Gasteiger partial charge in [-0.2, -0.15) is 4.80 Å². The Kier molecular flexibility index (Phi) is 2.34. The fourth-order valence-corrected chi connectivity index (χ4v) is 2.24. The van der Waals surface area contributed by atoms with Crippen LogP contribution in [-0.2, 0) is 0 Å². The van der Waals surface area contributed by atoms with Crippen molar-refractivity contribution in [1.29, 1.82) is 0 Å². The van der Waals surface area contributed by atoms with Crippen LogP contribution in [0.25, 0.3) is 16.7 Å². The lowest BCUT2D eigenvalue weighted by molar-refractivity contribution is 0.357. The minimum atomic E-state index is 0.397. The zero-order valence-electron chi connectivity index (χ0n) is 11.6. The smallest absolute Gasteiger partial charge is 0.113 e. The summed E-state index contributed by atoms with van der Waals surface area (Å²) in [5.74, 6) is 0. The average molecular weight is 243 g/mol. The van der Waals surface area contributed by atoms with E-state index in [1.165, 1.54) is 23.2 Å². The van der Waals surface area contributed by atoms with Gasteiger partial charge in [0.1, 0.15) is 11.0 Å². The van der Waals surface area contributed by atoms with Gasteiger partial charge in [-0.05, 0) is 30.9 Å². The molecule has 2 heterocycles. The molecule has 0 aliphatic carbocycles. The van der Waals surface area contributed by atoms with E-state index in [4.69, 9.17) is 0 Å². The highest BCUT2D eigenvalue weighted by molar-refractivity contribution is 5.79. The number of hydrogen-bond donors (Lipinski definition) is 0. The first-order valence-corrected chi connectivity index (χ1v) is 6.71. The highest BCUT2D eigenvalue weighted by Crippen LogP contribution is 2.29. The topological polar surface area (TPSA) is 13.8 Å². The van der Waals surface area contributed by atoms with Crippen molar-refractivity contribution in [2.75, 3.05) is 0 Å². The van der Waals surface area contributed by atoms with Crippen LogP contribution in [0.4, 0.5) is 0 Å². The summed E-state index contributed by atoms with van der Waals surface area (Å²) < 4.78 is 4.42. The molecule has 0 aliphatic heterocycles. The van der Waals surface area contributed by atoms with Crippen molar-refractivity contribution < 1.29 is 0 Å². The second kappa shape index (κ2) is 3.67. The maximum Gasteiger partial charge on any atom is 0.113 e. The third-order valence-electron chi connectivity index (χ3n) is 4.04. The minimum Gasteiger partial charge on any atom is -0.155 e. The first-order chi connectivity index (χ1) is 8.55. The molecule has 2 aromatic heterocycles. The summed E-state index contributed by atoms with van der Waals surface area (Å²) >= 11 is 0. The van der Waals surface area contributed by atoms with Crippen molar-refractivity contribution >= 4 is 16.7 Å². The van der Waals surface area contributed by atoms with Crippen molar-refractivity contribution in [1.82, 2.24) is 14.1 Å². The molecule has 1 aromatic carbocycles. The van der Waals surface area contributed by atoms with Crippen LogP contribution in [0.5, 0.6) is 0 Å². The Labute approximate surface area is 108 Å². The average Bonchev–Trinajstić information content (AvgIpc) is 3.02. The van der Waals surface area contributed by atoms with Crippen LogP contribution in [0.3, 0.4) is 0 Å². The van der Waals surface area contributed by atoms with Gasteiger partial charge in [-0.25, -0.2) is 0 Å². The van der Waals surface area contributed by atoms with Crippen LogP contribution in [0.15, 0.2) is 30.3 Å². The maximum absolute atomic E-state index is 2.35. The van der Waals surface area contributed by atoms with E-state index in [1.54, 1.807) is 0 Å². The lowest BCUT2D eigenvalue weighted by Crippen LogP contribution is -2.07. The Morgan fingerprint density at radius 2 is 1.72 bits per heavy atom. The third-order valence-corrected chi connectivity index (χ3v) is 4.04. The molecule has 3 heteroatoms. The van der Waals surface area contributed by atoms with Gasteiger partial charge in [-0.1, -0.05) is 45.4 Å². The summed E-state index contributed by atoms with van der Waals surface area (Å²) in [6.07, 6.45) is 4.69. The normalized spacial score (nSPS) is 14.3. The first-order valence-electron chi connectivity index (χ1n) is 6.71. The van der Waals surface area contributed by atoms with E-state index in [0.29, 0.717) is 5.41 Å². The molecule has 18 heavy (non-hydrogen) atoms. The van der Waals surface area contributed by atoms with Gasteiger partial charge in [0.05, 0.1) is 5.70 Å². The van der Waals surface area contributed by atoms with Gasteiger partial charge in [0, 0.05) is 0 Å². The monoisotopic (exact) mass is 243 g/mol. The molecule has 0 saturated heterocycles. The van der Waals surface area contributed by atoms with Crippen molar-refractivity contribution in [3.63, 3.8) is 0 Å². The van der Waals surface area contributed by atoms with Crippen LogP contribution in [-0.4, -0.2) is 14.1 Å². The summed E-state index contributed by atoms with van der Waals surface area (Å²) in [4.78, 5) is 2.23. The summed E-state index contributed by atoms with van der Waals surface area (Å²) in [7, 11) is 0. The van der Waals surface area contributed by atoms with Gasteiger partial charge in [-0.15, -0.1) is 9.26 Å². The van der Waals surface area contributed by atoms with Gasteiger partial charge in [-0.3, -0.25) is 0 Å². The zero-order chi connectivity index (χ0) is 12.9. The van der Waals surface area contributed by atoms with Crippen LogP contribution in [0, 0.1) is 5.41 Å². The van der Waals surface area contributed by atoms with Crippen molar-refractivity contribution in [3.8, 4) is 0 Å². The Morgan fingerprint density at radius 3 is 2.22 bits per heavy atom.